The molecular weight excluding hydrogens is 356 g/mol. The van der Waals surface area contributed by atoms with Crippen molar-refractivity contribution >= 4 is 11.9 Å². The highest BCUT2D eigenvalue weighted by atomic mass is 16.5. The molecule has 156 valence electrons. The lowest BCUT2D eigenvalue weighted by molar-refractivity contribution is -0.140. The third kappa shape index (κ3) is 6.82. The number of aryl methyl sites for hydroxylation is 2. The number of carboxylic acid groups (broad SMARTS) is 1. The number of piperidine rings is 1. The summed E-state index contributed by atoms with van der Waals surface area (Å²) in [6, 6.07) is 6.45. The molecule has 0 atom stereocenters. The second-order valence-corrected chi connectivity index (χ2v) is 7.64. The van der Waals surface area contributed by atoms with Crippen molar-refractivity contribution in [2.24, 2.45) is 0 Å². The zero-order chi connectivity index (χ0) is 20.5. The van der Waals surface area contributed by atoms with E-state index in [0.717, 1.165) is 56.6 Å². The Bertz CT molecular complexity index is 654. The molecule has 0 spiro atoms. The number of unbranched alkanes of at least 4 members (excludes halogenated alkanes) is 1. The number of likely N-dealkylation sites (tertiary alicyclic amines) is 1. The molecule has 6 heteroatoms. The number of ether oxygens (including phenoxy) is 1. The molecule has 2 rings (SSSR count). The zero-order valence-electron chi connectivity index (χ0n) is 17.4. The van der Waals surface area contributed by atoms with Gasteiger partial charge in [0.05, 0.1) is 13.2 Å². The number of benzene rings is 1. The van der Waals surface area contributed by atoms with Gasteiger partial charge in [0.15, 0.2) is 0 Å². The molecule has 1 aromatic rings. The quantitative estimate of drug-likeness (QED) is 0.621. The van der Waals surface area contributed by atoms with Gasteiger partial charge in [-0.15, -0.1) is 0 Å². The number of rotatable bonds is 10. The van der Waals surface area contributed by atoms with Crippen molar-refractivity contribution < 1.29 is 19.4 Å². The van der Waals surface area contributed by atoms with Gasteiger partial charge in [0.25, 0.3) is 0 Å². The molecule has 0 aliphatic carbocycles. The number of likely N-dealkylation sites (N-methyl/N-ethyl adjacent to an activating group) is 1. The normalized spacial score (nSPS) is 15.1. The van der Waals surface area contributed by atoms with E-state index in [4.69, 9.17) is 9.84 Å². The van der Waals surface area contributed by atoms with E-state index in [-0.39, 0.29) is 18.5 Å². The van der Waals surface area contributed by atoms with Crippen molar-refractivity contribution in [1.82, 2.24) is 9.80 Å². The SMILES string of the molecule is CCN(CC(=O)O)C1CCN(C(=O)CCCCOc2cc(C)ccc2C)CC1. The molecule has 1 fully saturated rings. The van der Waals surface area contributed by atoms with Crippen LogP contribution in [0.3, 0.4) is 0 Å². The first kappa shape index (κ1) is 22.2. The summed E-state index contributed by atoms with van der Waals surface area (Å²) in [5.74, 6) is 0.338. The second-order valence-electron chi connectivity index (χ2n) is 7.64. The van der Waals surface area contributed by atoms with E-state index in [1.165, 1.54) is 5.56 Å². The number of amides is 1. The summed E-state index contributed by atoms with van der Waals surface area (Å²) in [5.41, 5.74) is 2.32. The van der Waals surface area contributed by atoms with Gasteiger partial charge in [0, 0.05) is 25.6 Å². The van der Waals surface area contributed by atoms with Crippen molar-refractivity contribution in [3.63, 3.8) is 0 Å². The third-order valence-corrected chi connectivity index (χ3v) is 5.46. The monoisotopic (exact) mass is 390 g/mol. The number of carboxylic acids is 1. The van der Waals surface area contributed by atoms with Crippen molar-refractivity contribution in [2.45, 2.75) is 58.9 Å². The molecule has 1 aliphatic rings. The van der Waals surface area contributed by atoms with Crippen LogP contribution < -0.4 is 4.74 Å². The summed E-state index contributed by atoms with van der Waals surface area (Å²) in [4.78, 5) is 27.3. The van der Waals surface area contributed by atoms with Crippen LogP contribution in [-0.2, 0) is 9.59 Å². The molecule has 6 nitrogen and oxygen atoms in total. The Morgan fingerprint density at radius 1 is 1.21 bits per heavy atom. The number of nitrogens with zero attached hydrogens (tertiary/aromatic N) is 2. The van der Waals surface area contributed by atoms with Crippen LogP contribution >= 0.6 is 0 Å². The molecule has 0 saturated carbocycles. The standard InChI is InChI=1S/C22H34N2O4/c1-4-23(16-22(26)27)19-10-12-24(13-11-19)21(25)7-5-6-14-28-20-15-17(2)8-9-18(20)3/h8-9,15,19H,4-7,10-14,16H2,1-3H3,(H,26,27). The molecule has 1 aromatic carbocycles. The minimum atomic E-state index is -0.788. The largest absolute Gasteiger partial charge is 0.493 e. The number of carbonyl (C=O) groups is 2. The molecule has 1 N–H and O–H groups in total. The highest BCUT2D eigenvalue weighted by Gasteiger charge is 2.26. The Kier molecular flexibility index (Phi) is 8.77. The lowest BCUT2D eigenvalue weighted by Crippen LogP contribution is -2.48. The van der Waals surface area contributed by atoms with E-state index >= 15 is 0 Å². The number of aliphatic carboxylic acids is 1. The van der Waals surface area contributed by atoms with Crippen molar-refractivity contribution in [3.05, 3.63) is 29.3 Å². The third-order valence-electron chi connectivity index (χ3n) is 5.46. The average Bonchev–Trinajstić information content (AvgIpc) is 2.68. The van der Waals surface area contributed by atoms with E-state index in [1.807, 2.05) is 23.6 Å². The van der Waals surface area contributed by atoms with E-state index in [0.29, 0.717) is 13.0 Å². The van der Waals surface area contributed by atoms with Crippen LogP contribution in [0.25, 0.3) is 0 Å². The highest BCUT2D eigenvalue weighted by Crippen LogP contribution is 2.20. The molecule has 0 radical (unpaired) electrons. The van der Waals surface area contributed by atoms with Crippen LogP contribution in [0.2, 0.25) is 0 Å². The van der Waals surface area contributed by atoms with Crippen LogP contribution in [0.15, 0.2) is 18.2 Å². The first-order valence-corrected chi connectivity index (χ1v) is 10.3. The fourth-order valence-electron chi connectivity index (χ4n) is 3.73. The topological polar surface area (TPSA) is 70.1 Å². The van der Waals surface area contributed by atoms with Crippen LogP contribution in [0.5, 0.6) is 5.75 Å². The van der Waals surface area contributed by atoms with Crippen molar-refractivity contribution in [1.29, 1.82) is 0 Å². The molecular formula is C22H34N2O4. The summed E-state index contributed by atoms with van der Waals surface area (Å²) >= 11 is 0. The fraction of sp³-hybridized carbons (Fsp3) is 0.636. The van der Waals surface area contributed by atoms with Gasteiger partial charge < -0.3 is 14.7 Å². The fourth-order valence-corrected chi connectivity index (χ4v) is 3.73. The van der Waals surface area contributed by atoms with E-state index in [9.17, 15) is 9.59 Å². The lowest BCUT2D eigenvalue weighted by Gasteiger charge is -2.37. The maximum atomic E-state index is 12.4. The van der Waals surface area contributed by atoms with Crippen LogP contribution in [0, 0.1) is 13.8 Å². The molecule has 1 aliphatic heterocycles. The Hall–Kier alpha value is -2.08. The van der Waals surface area contributed by atoms with E-state index in [2.05, 4.69) is 25.1 Å². The van der Waals surface area contributed by atoms with Crippen LogP contribution in [0.4, 0.5) is 0 Å². The molecule has 1 heterocycles. The Balaban J connectivity index is 1.65. The number of hydrogen-bond acceptors (Lipinski definition) is 4. The van der Waals surface area contributed by atoms with Gasteiger partial charge in [0.2, 0.25) is 5.91 Å². The van der Waals surface area contributed by atoms with Gasteiger partial charge in [-0.25, -0.2) is 0 Å². The average molecular weight is 391 g/mol. The first-order valence-electron chi connectivity index (χ1n) is 10.3. The summed E-state index contributed by atoms with van der Waals surface area (Å²) in [6.45, 7) is 8.95. The van der Waals surface area contributed by atoms with Crippen molar-refractivity contribution in [2.75, 3.05) is 32.8 Å². The van der Waals surface area contributed by atoms with E-state index in [1.54, 1.807) is 0 Å². The van der Waals surface area contributed by atoms with Crippen molar-refractivity contribution in [3.8, 4) is 5.75 Å². The predicted molar refractivity (Wildman–Crippen MR) is 110 cm³/mol. The summed E-state index contributed by atoms with van der Waals surface area (Å²) in [6.07, 6.45) is 3.93. The minimum absolute atomic E-state index is 0.0789. The summed E-state index contributed by atoms with van der Waals surface area (Å²) in [7, 11) is 0. The molecule has 0 bridgehead atoms. The van der Waals surface area contributed by atoms with Gasteiger partial charge in [-0.3, -0.25) is 14.5 Å². The highest BCUT2D eigenvalue weighted by molar-refractivity contribution is 5.76. The molecule has 1 amide bonds. The molecule has 1 saturated heterocycles. The number of carbonyl (C=O) groups excluding carboxylic acids is 1. The van der Waals surface area contributed by atoms with Gasteiger partial charge >= 0.3 is 5.97 Å². The smallest absolute Gasteiger partial charge is 0.317 e. The van der Waals surface area contributed by atoms with Gasteiger partial charge in [0.1, 0.15) is 5.75 Å². The maximum absolute atomic E-state index is 12.4. The second kappa shape index (κ2) is 11.1. The first-order chi connectivity index (χ1) is 13.4. The Morgan fingerprint density at radius 2 is 1.93 bits per heavy atom. The Morgan fingerprint density at radius 3 is 2.57 bits per heavy atom. The summed E-state index contributed by atoms with van der Waals surface area (Å²) in [5, 5.41) is 9.01. The molecule has 28 heavy (non-hydrogen) atoms. The van der Waals surface area contributed by atoms with Crippen LogP contribution in [0.1, 0.15) is 50.2 Å². The Labute approximate surface area is 168 Å². The summed E-state index contributed by atoms with van der Waals surface area (Å²) < 4.78 is 5.85. The predicted octanol–water partition coefficient (Wildman–Crippen LogP) is 3.25. The van der Waals surface area contributed by atoms with Crippen LogP contribution in [-0.4, -0.2) is 65.6 Å². The minimum Gasteiger partial charge on any atom is -0.493 e. The van der Waals surface area contributed by atoms with Gasteiger partial charge in [-0.1, -0.05) is 19.1 Å². The maximum Gasteiger partial charge on any atom is 0.317 e. The molecule has 0 aromatic heterocycles. The van der Waals surface area contributed by atoms with Gasteiger partial charge in [-0.05, 0) is 63.3 Å². The van der Waals surface area contributed by atoms with E-state index < -0.39 is 5.97 Å². The molecule has 0 unspecified atom stereocenters. The number of hydrogen-bond donors (Lipinski definition) is 1. The zero-order valence-corrected chi connectivity index (χ0v) is 17.4. The van der Waals surface area contributed by atoms with Gasteiger partial charge in [-0.2, -0.15) is 0 Å². The lowest BCUT2D eigenvalue weighted by atomic mass is 10.0.